The lowest BCUT2D eigenvalue weighted by atomic mass is 10.0. The second kappa shape index (κ2) is 3.81. The third-order valence-electron chi connectivity index (χ3n) is 2.26. The highest BCUT2D eigenvalue weighted by Gasteiger charge is 2.13. The number of nitrogen functional groups attached to an aromatic ring is 1. The molecule has 0 saturated heterocycles. The average Bonchev–Trinajstić information content (AvgIpc) is 2.26. The molecular weight excluding hydrogens is 212 g/mol. The summed E-state index contributed by atoms with van der Waals surface area (Å²) in [5, 5.41) is 8.99. The van der Waals surface area contributed by atoms with Crippen molar-refractivity contribution in [2.75, 3.05) is 5.73 Å². The van der Waals surface area contributed by atoms with Gasteiger partial charge in [-0.15, -0.1) is 0 Å². The fourth-order valence-corrected chi connectivity index (χ4v) is 1.47. The highest BCUT2D eigenvalue weighted by Crippen LogP contribution is 2.29. The van der Waals surface area contributed by atoms with Crippen molar-refractivity contribution in [2.24, 2.45) is 0 Å². The van der Waals surface area contributed by atoms with E-state index in [4.69, 9.17) is 10.8 Å². The van der Waals surface area contributed by atoms with E-state index in [0.717, 1.165) is 6.07 Å². The lowest BCUT2D eigenvalue weighted by Crippen LogP contribution is -1.91. The van der Waals surface area contributed by atoms with E-state index in [1.165, 1.54) is 12.1 Å². The van der Waals surface area contributed by atoms with Crippen molar-refractivity contribution in [3.8, 4) is 16.9 Å². The first-order valence-electron chi connectivity index (χ1n) is 4.62. The van der Waals surface area contributed by atoms with Crippen LogP contribution in [0.2, 0.25) is 0 Å². The summed E-state index contributed by atoms with van der Waals surface area (Å²) in [5.74, 6) is -3.03. The summed E-state index contributed by atoms with van der Waals surface area (Å²) in [5.41, 5.74) is 6.55. The van der Waals surface area contributed by atoms with E-state index < -0.39 is 17.4 Å². The van der Waals surface area contributed by atoms with Crippen LogP contribution < -0.4 is 5.73 Å². The molecule has 2 aromatic rings. The van der Waals surface area contributed by atoms with Gasteiger partial charge in [0.2, 0.25) is 5.82 Å². The number of aromatic hydroxyl groups is 1. The van der Waals surface area contributed by atoms with E-state index in [1.807, 2.05) is 0 Å². The lowest BCUT2D eigenvalue weighted by Gasteiger charge is -2.06. The molecule has 0 saturated carbocycles. The van der Waals surface area contributed by atoms with Gasteiger partial charge in [-0.25, -0.2) is 4.39 Å². The summed E-state index contributed by atoms with van der Waals surface area (Å²) in [6, 6.07) is 8.87. The van der Waals surface area contributed by atoms with Gasteiger partial charge in [0.05, 0.1) is 0 Å². The van der Waals surface area contributed by atoms with Crippen LogP contribution in [-0.2, 0) is 0 Å². The van der Waals surface area contributed by atoms with Crippen LogP contribution in [0.15, 0.2) is 36.4 Å². The molecule has 0 amide bonds. The van der Waals surface area contributed by atoms with Crippen molar-refractivity contribution in [1.82, 2.24) is 0 Å². The van der Waals surface area contributed by atoms with Gasteiger partial charge >= 0.3 is 0 Å². The van der Waals surface area contributed by atoms with E-state index in [9.17, 15) is 8.78 Å². The quantitative estimate of drug-likeness (QED) is 0.727. The van der Waals surface area contributed by atoms with Crippen LogP contribution in [0.4, 0.5) is 14.5 Å². The topological polar surface area (TPSA) is 46.2 Å². The van der Waals surface area contributed by atoms with Crippen molar-refractivity contribution < 1.29 is 13.9 Å². The largest absolute Gasteiger partial charge is 0.505 e. The molecular formula is C12H9F2NO. The number of anilines is 1. The minimum absolute atomic E-state index is 0.0719. The van der Waals surface area contributed by atoms with Crippen molar-refractivity contribution in [1.29, 1.82) is 0 Å². The van der Waals surface area contributed by atoms with Crippen LogP contribution in [0, 0.1) is 11.6 Å². The van der Waals surface area contributed by atoms with E-state index in [-0.39, 0.29) is 5.56 Å². The van der Waals surface area contributed by atoms with Gasteiger partial charge in [-0.3, -0.25) is 0 Å². The molecule has 4 heteroatoms. The number of nitrogens with two attached hydrogens (primary N) is 1. The number of phenols is 1. The van der Waals surface area contributed by atoms with Gasteiger partial charge in [0.15, 0.2) is 11.6 Å². The zero-order chi connectivity index (χ0) is 11.7. The van der Waals surface area contributed by atoms with Crippen LogP contribution in [0.3, 0.4) is 0 Å². The maximum atomic E-state index is 13.5. The van der Waals surface area contributed by atoms with Gasteiger partial charge in [-0.05, 0) is 29.8 Å². The number of rotatable bonds is 1. The molecule has 0 aliphatic carbocycles. The Hall–Kier alpha value is -2.10. The molecule has 0 aliphatic rings. The summed E-state index contributed by atoms with van der Waals surface area (Å²) in [4.78, 5) is 0. The number of phenolic OH excluding ortho intramolecular Hbond substituents is 1. The summed E-state index contributed by atoms with van der Waals surface area (Å²) in [6.45, 7) is 0. The average molecular weight is 221 g/mol. The van der Waals surface area contributed by atoms with Gasteiger partial charge < -0.3 is 10.8 Å². The molecule has 82 valence electrons. The number of hydrogen-bond acceptors (Lipinski definition) is 2. The maximum Gasteiger partial charge on any atom is 0.200 e. The second-order valence-corrected chi connectivity index (χ2v) is 3.39. The Morgan fingerprint density at radius 1 is 1.00 bits per heavy atom. The molecule has 0 aliphatic heterocycles. The molecule has 2 nitrogen and oxygen atoms in total. The van der Waals surface area contributed by atoms with Gasteiger partial charge in [0, 0.05) is 11.3 Å². The zero-order valence-electron chi connectivity index (χ0n) is 8.24. The molecule has 0 bridgehead atoms. The molecule has 0 unspecified atom stereocenters. The Morgan fingerprint density at radius 2 is 1.75 bits per heavy atom. The summed E-state index contributed by atoms with van der Waals surface area (Å²) < 4.78 is 26.6. The fourth-order valence-electron chi connectivity index (χ4n) is 1.47. The molecule has 0 aromatic heterocycles. The van der Waals surface area contributed by atoms with E-state index in [2.05, 4.69) is 0 Å². The number of benzene rings is 2. The van der Waals surface area contributed by atoms with E-state index in [1.54, 1.807) is 18.2 Å². The number of halogens is 2. The first-order valence-corrected chi connectivity index (χ1v) is 4.62. The van der Waals surface area contributed by atoms with Crippen LogP contribution in [0.1, 0.15) is 0 Å². The van der Waals surface area contributed by atoms with Crippen molar-refractivity contribution in [2.45, 2.75) is 0 Å². The minimum Gasteiger partial charge on any atom is -0.505 e. The third-order valence-corrected chi connectivity index (χ3v) is 2.26. The third kappa shape index (κ3) is 1.69. The summed E-state index contributed by atoms with van der Waals surface area (Å²) >= 11 is 0. The number of hydrogen-bond donors (Lipinski definition) is 2. The van der Waals surface area contributed by atoms with Crippen LogP contribution in [-0.4, -0.2) is 5.11 Å². The fraction of sp³-hybridized carbons (Fsp3) is 0. The second-order valence-electron chi connectivity index (χ2n) is 3.39. The van der Waals surface area contributed by atoms with Gasteiger partial charge in [-0.1, -0.05) is 12.1 Å². The summed E-state index contributed by atoms with van der Waals surface area (Å²) in [6.07, 6.45) is 0. The SMILES string of the molecule is Nc1cccc(-c2ccc(O)c(F)c2F)c1. The Labute approximate surface area is 91.0 Å². The maximum absolute atomic E-state index is 13.5. The molecule has 0 atom stereocenters. The molecule has 0 radical (unpaired) electrons. The van der Waals surface area contributed by atoms with Gasteiger partial charge in [0.1, 0.15) is 0 Å². The highest BCUT2D eigenvalue weighted by atomic mass is 19.2. The van der Waals surface area contributed by atoms with Gasteiger partial charge in [-0.2, -0.15) is 4.39 Å². The molecule has 0 spiro atoms. The normalized spacial score (nSPS) is 10.4. The predicted molar refractivity (Wildman–Crippen MR) is 57.9 cm³/mol. The molecule has 0 heterocycles. The molecule has 2 rings (SSSR count). The van der Waals surface area contributed by atoms with Crippen molar-refractivity contribution in [3.05, 3.63) is 48.0 Å². The standard InChI is InChI=1S/C12H9F2NO/c13-11-9(4-5-10(16)12(11)14)7-2-1-3-8(15)6-7/h1-6,16H,15H2. The van der Waals surface area contributed by atoms with Crippen LogP contribution >= 0.6 is 0 Å². The predicted octanol–water partition coefficient (Wildman–Crippen LogP) is 2.92. The Kier molecular flexibility index (Phi) is 2.48. The Morgan fingerprint density at radius 3 is 2.44 bits per heavy atom. The monoisotopic (exact) mass is 221 g/mol. The molecule has 3 N–H and O–H groups in total. The first-order chi connectivity index (χ1) is 7.59. The van der Waals surface area contributed by atoms with Crippen LogP contribution in [0.25, 0.3) is 11.1 Å². The Balaban J connectivity index is 2.61. The smallest absolute Gasteiger partial charge is 0.200 e. The van der Waals surface area contributed by atoms with E-state index >= 15 is 0 Å². The van der Waals surface area contributed by atoms with E-state index in [0.29, 0.717) is 11.3 Å². The molecule has 0 fully saturated rings. The Bertz CT molecular complexity index is 541. The lowest BCUT2D eigenvalue weighted by molar-refractivity contribution is 0.408. The minimum atomic E-state index is -1.25. The highest BCUT2D eigenvalue weighted by molar-refractivity contribution is 5.68. The first kappa shape index (κ1) is 10.4. The summed E-state index contributed by atoms with van der Waals surface area (Å²) in [7, 11) is 0. The van der Waals surface area contributed by atoms with Gasteiger partial charge in [0.25, 0.3) is 0 Å². The molecule has 16 heavy (non-hydrogen) atoms. The van der Waals surface area contributed by atoms with Crippen molar-refractivity contribution >= 4 is 5.69 Å². The zero-order valence-corrected chi connectivity index (χ0v) is 8.24. The van der Waals surface area contributed by atoms with Crippen LogP contribution in [0.5, 0.6) is 5.75 Å². The van der Waals surface area contributed by atoms with Crippen molar-refractivity contribution in [3.63, 3.8) is 0 Å². The molecule has 2 aromatic carbocycles.